The van der Waals surface area contributed by atoms with Crippen molar-refractivity contribution in [3.63, 3.8) is 0 Å². The van der Waals surface area contributed by atoms with E-state index in [1.165, 1.54) is 5.56 Å². The van der Waals surface area contributed by atoms with Crippen molar-refractivity contribution in [1.82, 2.24) is 9.78 Å². The fourth-order valence-corrected chi connectivity index (χ4v) is 1.90. The molecule has 0 amide bonds. The smallest absolute Gasteiger partial charge is 0.118 e. The van der Waals surface area contributed by atoms with Gasteiger partial charge in [-0.2, -0.15) is 5.10 Å². The fourth-order valence-electron chi connectivity index (χ4n) is 1.90. The highest BCUT2D eigenvalue weighted by Crippen LogP contribution is 2.13. The summed E-state index contributed by atoms with van der Waals surface area (Å²) in [6.07, 6.45) is 6.89. The molecule has 0 aliphatic carbocycles. The van der Waals surface area contributed by atoms with Gasteiger partial charge in [-0.25, -0.2) is 0 Å². The molecule has 0 saturated heterocycles. The van der Waals surface area contributed by atoms with Crippen molar-refractivity contribution in [2.75, 3.05) is 12.8 Å². The van der Waals surface area contributed by atoms with Gasteiger partial charge in [0.2, 0.25) is 0 Å². The van der Waals surface area contributed by atoms with Crippen LogP contribution in [0.25, 0.3) is 0 Å². The topological polar surface area (TPSA) is 53.1 Å². The standard InChI is InChI=1S/C14H19N3O/c1-18-14-7-5-12(6-8-14)4-2-3-9-17-11-13(15)10-16-17/h5-8,10-11H,2-4,9,15H2,1H3. The highest BCUT2D eigenvalue weighted by molar-refractivity contribution is 5.30. The Morgan fingerprint density at radius 2 is 2.00 bits per heavy atom. The maximum absolute atomic E-state index is 5.61. The minimum atomic E-state index is 0.727. The van der Waals surface area contributed by atoms with Crippen LogP contribution >= 0.6 is 0 Å². The normalized spacial score (nSPS) is 10.5. The zero-order chi connectivity index (χ0) is 12.8. The maximum Gasteiger partial charge on any atom is 0.118 e. The lowest BCUT2D eigenvalue weighted by Crippen LogP contribution is -1.99. The van der Waals surface area contributed by atoms with Crippen LogP contribution in [0.2, 0.25) is 0 Å². The first kappa shape index (κ1) is 12.5. The van der Waals surface area contributed by atoms with Gasteiger partial charge in [0, 0.05) is 12.7 Å². The van der Waals surface area contributed by atoms with E-state index in [9.17, 15) is 0 Å². The molecule has 0 aliphatic rings. The number of anilines is 1. The van der Waals surface area contributed by atoms with E-state index < -0.39 is 0 Å². The first-order chi connectivity index (χ1) is 8.78. The average Bonchev–Trinajstić information content (AvgIpc) is 2.81. The van der Waals surface area contributed by atoms with Gasteiger partial charge in [-0.05, 0) is 37.0 Å². The van der Waals surface area contributed by atoms with Crippen LogP contribution in [0.3, 0.4) is 0 Å². The molecule has 18 heavy (non-hydrogen) atoms. The molecule has 1 heterocycles. The highest BCUT2D eigenvalue weighted by atomic mass is 16.5. The Morgan fingerprint density at radius 3 is 2.61 bits per heavy atom. The van der Waals surface area contributed by atoms with Gasteiger partial charge in [0.1, 0.15) is 5.75 Å². The third kappa shape index (κ3) is 3.52. The van der Waals surface area contributed by atoms with Crippen LogP contribution in [-0.4, -0.2) is 16.9 Å². The van der Waals surface area contributed by atoms with Gasteiger partial charge < -0.3 is 10.5 Å². The molecule has 0 saturated carbocycles. The van der Waals surface area contributed by atoms with Gasteiger partial charge >= 0.3 is 0 Å². The quantitative estimate of drug-likeness (QED) is 0.795. The second kappa shape index (κ2) is 6.10. The number of ether oxygens (including phenoxy) is 1. The lowest BCUT2D eigenvalue weighted by Gasteiger charge is -2.04. The fraction of sp³-hybridized carbons (Fsp3) is 0.357. The van der Waals surface area contributed by atoms with E-state index in [4.69, 9.17) is 10.5 Å². The van der Waals surface area contributed by atoms with E-state index in [0.29, 0.717) is 0 Å². The van der Waals surface area contributed by atoms with Gasteiger partial charge in [-0.15, -0.1) is 0 Å². The number of aryl methyl sites for hydroxylation is 2. The van der Waals surface area contributed by atoms with Gasteiger partial charge in [0.25, 0.3) is 0 Å². The van der Waals surface area contributed by atoms with Crippen LogP contribution in [-0.2, 0) is 13.0 Å². The summed E-state index contributed by atoms with van der Waals surface area (Å²) < 4.78 is 7.02. The molecule has 0 atom stereocenters. The maximum atomic E-state index is 5.61. The Kier molecular flexibility index (Phi) is 4.23. The number of methoxy groups -OCH3 is 1. The van der Waals surface area contributed by atoms with Gasteiger partial charge in [-0.1, -0.05) is 12.1 Å². The second-order valence-electron chi connectivity index (χ2n) is 4.34. The summed E-state index contributed by atoms with van der Waals surface area (Å²) in [5, 5.41) is 4.16. The Hall–Kier alpha value is -1.97. The van der Waals surface area contributed by atoms with Crippen LogP contribution in [0, 0.1) is 0 Å². The van der Waals surface area contributed by atoms with Crippen molar-refractivity contribution < 1.29 is 4.74 Å². The number of nitrogens with zero attached hydrogens (tertiary/aromatic N) is 2. The van der Waals surface area contributed by atoms with E-state index in [1.54, 1.807) is 13.3 Å². The zero-order valence-electron chi connectivity index (χ0n) is 10.7. The SMILES string of the molecule is COc1ccc(CCCCn2cc(N)cn2)cc1. The monoisotopic (exact) mass is 245 g/mol. The molecular formula is C14H19N3O. The van der Waals surface area contributed by atoms with E-state index in [1.807, 2.05) is 23.0 Å². The summed E-state index contributed by atoms with van der Waals surface area (Å²) in [6, 6.07) is 8.24. The molecule has 0 aliphatic heterocycles. The van der Waals surface area contributed by atoms with Crippen LogP contribution in [0.4, 0.5) is 5.69 Å². The Balaban J connectivity index is 1.71. The van der Waals surface area contributed by atoms with Gasteiger partial charge in [-0.3, -0.25) is 4.68 Å². The molecule has 2 aromatic rings. The number of aromatic nitrogens is 2. The Labute approximate surface area is 107 Å². The highest BCUT2D eigenvalue weighted by Gasteiger charge is 1.97. The number of benzene rings is 1. The number of hydrogen-bond donors (Lipinski definition) is 1. The van der Waals surface area contributed by atoms with E-state index in [2.05, 4.69) is 17.2 Å². The molecule has 2 rings (SSSR count). The van der Waals surface area contributed by atoms with Crippen LogP contribution in [0.5, 0.6) is 5.75 Å². The number of nitrogens with two attached hydrogens (primary N) is 1. The number of unbranched alkanes of at least 4 members (excludes halogenated alkanes) is 1. The molecular weight excluding hydrogens is 226 g/mol. The zero-order valence-corrected chi connectivity index (χ0v) is 10.7. The number of nitrogen functional groups attached to an aromatic ring is 1. The summed E-state index contributed by atoms with van der Waals surface area (Å²) in [5.41, 5.74) is 7.68. The van der Waals surface area contributed by atoms with Gasteiger partial charge in [0.05, 0.1) is 19.0 Å². The molecule has 0 fully saturated rings. The van der Waals surface area contributed by atoms with E-state index in [0.717, 1.165) is 37.2 Å². The van der Waals surface area contributed by atoms with Gasteiger partial charge in [0.15, 0.2) is 0 Å². The van der Waals surface area contributed by atoms with Crippen LogP contribution < -0.4 is 10.5 Å². The van der Waals surface area contributed by atoms with Crippen LogP contribution in [0.15, 0.2) is 36.7 Å². The van der Waals surface area contributed by atoms with E-state index >= 15 is 0 Å². The minimum Gasteiger partial charge on any atom is -0.497 e. The summed E-state index contributed by atoms with van der Waals surface area (Å²) in [7, 11) is 1.69. The predicted molar refractivity (Wildman–Crippen MR) is 72.6 cm³/mol. The van der Waals surface area contributed by atoms with Crippen LogP contribution in [0.1, 0.15) is 18.4 Å². The molecule has 1 aromatic heterocycles. The molecule has 0 spiro atoms. The van der Waals surface area contributed by atoms with Crippen molar-refractivity contribution in [1.29, 1.82) is 0 Å². The van der Waals surface area contributed by atoms with Crippen molar-refractivity contribution in [3.8, 4) is 5.75 Å². The Bertz CT molecular complexity index is 476. The molecule has 96 valence electrons. The summed E-state index contributed by atoms with van der Waals surface area (Å²) in [6.45, 7) is 0.924. The average molecular weight is 245 g/mol. The van der Waals surface area contributed by atoms with Crippen molar-refractivity contribution in [3.05, 3.63) is 42.2 Å². The molecule has 0 bridgehead atoms. The minimum absolute atomic E-state index is 0.727. The largest absolute Gasteiger partial charge is 0.497 e. The number of hydrogen-bond acceptors (Lipinski definition) is 3. The number of rotatable bonds is 6. The molecule has 0 radical (unpaired) electrons. The molecule has 4 nitrogen and oxygen atoms in total. The first-order valence-corrected chi connectivity index (χ1v) is 6.19. The predicted octanol–water partition coefficient (Wildman–Crippen LogP) is 2.50. The molecule has 2 N–H and O–H groups in total. The molecule has 0 unspecified atom stereocenters. The second-order valence-corrected chi connectivity index (χ2v) is 4.34. The van der Waals surface area contributed by atoms with Crippen molar-refractivity contribution in [2.24, 2.45) is 0 Å². The third-order valence-electron chi connectivity index (χ3n) is 2.91. The molecule has 1 aromatic carbocycles. The third-order valence-corrected chi connectivity index (χ3v) is 2.91. The summed E-state index contributed by atoms with van der Waals surface area (Å²) in [5.74, 6) is 0.908. The molecule has 4 heteroatoms. The summed E-state index contributed by atoms with van der Waals surface area (Å²) in [4.78, 5) is 0. The summed E-state index contributed by atoms with van der Waals surface area (Å²) >= 11 is 0. The lowest BCUT2D eigenvalue weighted by molar-refractivity contribution is 0.414. The van der Waals surface area contributed by atoms with Crippen molar-refractivity contribution in [2.45, 2.75) is 25.8 Å². The first-order valence-electron chi connectivity index (χ1n) is 6.19. The van der Waals surface area contributed by atoms with E-state index in [-0.39, 0.29) is 0 Å². The Morgan fingerprint density at radius 1 is 1.22 bits per heavy atom. The van der Waals surface area contributed by atoms with Crippen molar-refractivity contribution >= 4 is 5.69 Å². The lowest BCUT2D eigenvalue weighted by atomic mass is 10.1.